The predicted molar refractivity (Wildman–Crippen MR) is 49.5 cm³/mol. The fraction of sp³-hybridized carbons (Fsp3) is 0.500. The molecule has 0 spiro atoms. The highest BCUT2D eigenvalue weighted by Gasteiger charge is 2.05. The third kappa shape index (κ3) is 3.25. The predicted octanol–water partition coefficient (Wildman–Crippen LogP) is -0.299. The van der Waals surface area contributed by atoms with Crippen LogP contribution in [-0.4, -0.2) is 48.2 Å². The van der Waals surface area contributed by atoms with Crippen LogP contribution in [0.2, 0.25) is 0 Å². The lowest BCUT2D eigenvalue weighted by molar-refractivity contribution is 0.0946. The Kier molecular flexibility index (Phi) is 3.45. The molecule has 1 rings (SSSR count). The van der Waals surface area contributed by atoms with Crippen molar-refractivity contribution in [1.82, 2.24) is 20.4 Å². The van der Waals surface area contributed by atoms with Crippen molar-refractivity contribution in [3.05, 3.63) is 18.0 Å². The van der Waals surface area contributed by atoms with Gasteiger partial charge in [-0.2, -0.15) is 5.10 Å². The molecule has 5 nitrogen and oxygen atoms in total. The van der Waals surface area contributed by atoms with Gasteiger partial charge in [-0.05, 0) is 20.2 Å². The number of likely N-dealkylation sites (N-methyl/N-ethyl adjacent to an activating group) is 1. The molecule has 0 radical (unpaired) electrons. The van der Waals surface area contributed by atoms with E-state index in [2.05, 4.69) is 15.5 Å². The van der Waals surface area contributed by atoms with Gasteiger partial charge in [0.1, 0.15) is 5.69 Å². The maximum absolute atomic E-state index is 11.3. The zero-order valence-corrected chi connectivity index (χ0v) is 7.87. The molecule has 0 unspecified atom stereocenters. The number of carbonyl (C=O) groups excluding carboxylic acids is 1. The molecule has 1 aromatic rings. The Bertz CT molecular complexity index is 255. The minimum atomic E-state index is -0.136. The van der Waals surface area contributed by atoms with Crippen molar-refractivity contribution < 1.29 is 4.79 Å². The van der Waals surface area contributed by atoms with E-state index in [1.165, 1.54) is 0 Å². The van der Waals surface area contributed by atoms with Crippen LogP contribution in [0.15, 0.2) is 12.3 Å². The summed E-state index contributed by atoms with van der Waals surface area (Å²) in [5, 5.41) is 9.11. The van der Waals surface area contributed by atoms with E-state index in [1.54, 1.807) is 12.3 Å². The van der Waals surface area contributed by atoms with Crippen LogP contribution in [0.1, 0.15) is 10.5 Å². The summed E-state index contributed by atoms with van der Waals surface area (Å²) in [6, 6.07) is 1.64. The molecule has 1 aromatic heterocycles. The molecule has 72 valence electrons. The van der Waals surface area contributed by atoms with Crippen molar-refractivity contribution in [2.24, 2.45) is 0 Å². The topological polar surface area (TPSA) is 61.0 Å². The van der Waals surface area contributed by atoms with Gasteiger partial charge in [-0.15, -0.1) is 0 Å². The Balaban J connectivity index is 2.27. The molecular formula is C8H14N4O. The Morgan fingerprint density at radius 2 is 2.46 bits per heavy atom. The minimum absolute atomic E-state index is 0.136. The fourth-order valence-electron chi connectivity index (χ4n) is 0.870. The van der Waals surface area contributed by atoms with Gasteiger partial charge in [-0.25, -0.2) is 0 Å². The summed E-state index contributed by atoms with van der Waals surface area (Å²) in [6.45, 7) is 1.47. The van der Waals surface area contributed by atoms with Crippen molar-refractivity contribution in [3.63, 3.8) is 0 Å². The van der Waals surface area contributed by atoms with Crippen molar-refractivity contribution in [1.29, 1.82) is 0 Å². The number of aromatic nitrogens is 2. The van der Waals surface area contributed by atoms with Crippen LogP contribution in [0.3, 0.4) is 0 Å². The molecule has 2 N–H and O–H groups in total. The molecule has 0 atom stereocenters. The second-order valence-corrected chi connectivity index (χ2v) is 3.02. The number of carbonyl (C=O) groups is 1. The quantitative estimate of drug-likeness (QED) is 0.672. The summed E-state index contributed by atoms with van der Waals surface area (Å²) in [5.74, 6) is -0.136. The van der Waals surface area contributed by atoms with Crippen molar-refractivity contribution in [2.75, 3.05) is 27.2 Å². The molecule has 1 amide bonds. The van der Waals surface area contributed by atoms with Crippen LogP contribution in [0.5, 0.6) is 0 Å². The van der Waals surface area contributed by atoms with E-state index in [-0.39, 0.29) is 5.91 Å². The zero-order valence-electron chi connectivity index (χ0n) is 7.87. The first-order valence-corrected chi connectivity index (χ1v) is 4.13. The molecule has 5 heteroatoms. The van der Waals surface area contributed by atoms with Crippen LogP contribution in [0.4, 0.5) is 0 Å². The number of amides is 1. The second kappa shape index (κ2) is 4.61. The van der Waals surface area contributed by atoms with E-state index in [1.807, 2.05) is 19.0 Å². The maximum atomic E-state index is 11.3. The number of hydrogen-bond donors (Lipinski definition) is 2. The van der Waals surface area contributed by atoms with Crippen molar-refractivity contribution >= 4 is 5.91 Å². The van der Waals surface area contributed by atoms with Crippen LogP contribution in [0.25, 0.3) is 0 Å². The van der Waals surface area contributed by atoms with Crippen LogP contribution < -0.4 is 5.32 Å². The molecule has 0 aromatic carbocycles. The molecule has 0 aliphatic rings. The highest BCUT2D eigenvalue weighted by Crippen LogP contribution is 1.89. The third-order valence-corrected chi connectivity index (χ3v) is 1.58. The SMILES string of the molecule is CN(C)CCNC(=O)c1cc[nH]n1. The molecule has 0 fully saturated rings. The molecule has 0 saturated carbocycles. The number of nitrogens with one attached hydrogen (secondary N) is 2. The second-order valence-electron chi connectivity index (χ2n) is 3.02. The largest absolute Gasteiger partial charge is 0.349 e. The van der Waals surface area contributed by atoms with Gasteiger partial charge >= 0.3 is 0 Å². The Labute approximate surface area is 77.1 Å². The maximum Gasteiger partial charge on any atom is 0.271 e. The van der Waals surface area contributed by atoms with E-state index < -0.39 is 0 Å². The first-order valence-electron chi connectivity index (χ1n) is 4.13. The average molecular weight is 182 g/mol. The van der Waals surface area contributed by atoms with Crippen molar-refractivity contribution in [2.45, 2.75) is 0 Å². The first-order chi connectivity index (χ1) is 6.20. The molecule has 1 heterocycles. The van der Waals surface area contributed by atoms with E-state index in [0.29, 0.717) is 12.2 Å². The molecule has 13 heavy (non-hydrogen) atoms. The highest BCUT2D eigenvalue weighted by atomic mass is 16.1. The molecule has 0 aliphatic carbocycles. The summed E-state index contributed by atoms with van der Waals surface area (Å²) in [7, 11) is 3.92. The zero-order chi connectivity index (χ0) is 9.68. The van der Waals surface area contributed by atoms with Gasteiger partial charge in [0.15, 0.2) is 0 Å². The van der Waals surface area contributed by atoms with E-state index in [0.717, 1.165) is 6.54 Å². The Hall–Kier alpha value is -1.36. The smallest absolute Gasteiger partial charge is 0.271 e. The molecule has 0 aliphatic heterocycles. The highest BCUT2D eigenvalue weighted by molar-refractivity contribution is 5.92. The summed E-state index contributed by atoms with van der Waals surface area (Å²) in [4.78, 5) is 13.3. The molecule has 0 saturated heterocycles. The fourth-order valence-corrected chi connectivity index (χ4v) is 0.870. The monoisotopic (exact) mass is 182 g/mol. The van der Waals surface area contributed by atoms with Gasteiger partial charge in [0.2, 0.25) is 0 Å². The van der Waals surface area contributed by atoms with Gasteiger partial charge in [0, 0.05) is 19.3 Å². The van der Waals surface area contributed by atoms with E-state index in [4.69, 9.17) is 0 Å². The van der Waals surface area contributed by atoms with Gasteiger partial charge in [0.05, 0.1) is 0 Å². The number of nitrogens with zero attached hydrogens (tertiary/aromatic N) is 2. The van der Waals surface area contributed by atoms with Gasteiger partial charge < -0.3 is 10.2 Å². The first kappa shape index (κ1) is 9.73. The van der Waals surface area contributed by atoms with Crippen LogP contribution >= 0.6 is 0 Å². The minimum Gasteiger partial charge on any atom is -0.349 e. The Morgan fingerprint density at radius 1 is 1.69 bits per heavy atom. The lowest BCUT2D eigenvalue weighted by atomic mass is 10.4. The third-order valence-electron chi connectivity index (χ3n) is 1.58. The Morgan fingerprint density at radius 3 is 3.00 bits per heavy atom. The van der Waals surface area contributed by atoms with E-state index >= 15 is 0 Å². The number of rotatable bonds is 4. The van der Waals surface area contributed by atoms with Crippen LogP contribution in [0, 0.1) is 0 Å². The lowest BCUT2D eigenvalue weighted by Gasteiger charge is -2.09. The average Bonchev–Trinajstić information content (AvgIpc) is 2.55. The summed E-state index contributed by atoms with van der Waals surface area (Å²) in [5.41, 5.74) is 0.429. The lowest BCUT2D eigenvalue weighted by Crippen LogP contribution is -2.31. The summed E-state index contributed by atoms with van der Waals surface area (Å²) < 4.78 is 0. The van der Waals surface area contributed by atoms with Crippen molar-refractivity contribution in [3.8, 4) is 0 Å². The van der Waals surface area contributed by atoms with Crippen LogP contribution in [-0.2, 0) is 0 Å². The standard InChI is InChI=1S/C8H14N4O/c1-12(2)6-5-9-8(13)7-3-4-10-11-7/h3-4H,5-6H2,1-2H3,(H,9,13)(H,10,11). The van der Waals surface area contributed by atoms with Gasteiger partial charge in [-0.1, -0.05) is 0 Å². The summed E-state index contributed by atoms with van der Waals surface area (Å²) >= 11 is 0. The molecule has 0 bridgehead atoms. The molecular weight excluding hydrogens is 168 g/mol. The number of H-pyrrole nitrogens is 1. The summed E-state index contributed by atoms with van der Waals surface area (Å²) in [6.07, 6.45) is 1.63. The normalized spacial score (nSPS) is 10.4. The number of aromatic amines is 1. The van der Waals surface area contributed by atoms with Gasteiger partial charge in [-0.3, -0.25) is 9.89 Å². The van der Waals surface area contributed by atoms with E-state index in [9.17, 15) is 4.79 Å². The van der Waals surface area contributed by atoms with Gasteiger partial charge in [0.25, 0.3) is 5.91 Å². The number of hydrogen-bond acceptors (Lipinski definition) is 3.